The smallest absolute Gasteiger partial charge is 0.255 e. The highest BCUT2D eigenvalue weighted by atomic mass is 127. The van der Waals surface area contributed by atoms with Crippen LogP contribution in [0.15, 0.2) is 53.7 Å². The Morgan fingerprint density at radius 1 is 1.08 bits per heavy atom. The molecule has 0 aliphatic carbocycles. The molecule has 1 heterocycles. The molecule has 0 saturated carbocycles. The number of amides is 1. The van der Waals surface area contributed by atoms with Gasteiger partial charge in [-0.25, -0.2) is 4.99 Å². The summed E-state index contributed by atoms with van der Waals surface area (Å²) in [4.78, 5) is 20.7. The topological polar surface area (TPSA) is 98.6 Å². The van der Waals surface area contributed by atoms with Gasteiger partial charge in [0.15, 0.2) is 5.96 Å². The van der Waals surface area contributed by atoms with E-state index in [0.29, 0.717) is 25.6 Å². The van der Waals surface area contributed by atoms with E-state index < -0.39 is 0 Å². The monoisotopic (exact) mass is 469 g/mol. The van der Waals surface area contributed by atoms with Gasteiger partial charge in [-0.05, 0) is 31.2 Å². The molecular formula is C18H24IN5O2. The quantitative estimate of drug-likeness (QED) is 0.215. The Labute approximate surface area is 170 Å². The SMILES string of the molecule is CCNC(=NCc1ccccn1)NCCNC(=O)c1ccccc1O.I. The highest BCUT2D eigenvalue weighted by Crippen LogP contribution is 2.14. The summed E-state index contributed by atoms with van der Waals surface area (Å²) < 4.78 is 0. The Morgan fingerprint density at radius 2 is 1.81 bits per heavy atom. The van der Waals surface area contributed by atoms with Gasteiger partial charge in [-0.2, -0.15) is 0 Å². The van der Waals surface area contributed by atoms with Gasteiger partial charge in [0, 0.05) is 25.8 Å². The van der Waals surface area contributed by atoms with Crippen molar-refractivity contribution < 1.29 is 9.90 Å². The third-order valence-corrected chi connectivity index (χ3v) is 3.32. The number of phenols is 1. The zero-order valence-corrected chi connectivity index (χ0v) is 16.9. The number of carbonyl (C=O) groups is 1. The lowest BCUT2D eigenvalue weighted by atomic mass is 10.2. The zero-order chi connectivity index (χ0) is 17.9. The summed E-state index contributed by atoms with van der Waals surface area (Å²) in [5.41, 5.74) is 1.14. The standard InChI is InChI=1S/C18H23N5O2.HI/c1-2-19-18(23-13-14-7-5-6-10-20-14)22-12-11-21-17(25)15-8-3-4-9-16(15)24;/h3-10,24H,2,11-13H2,1H3,(H,21,25)(H2,19,22,23);1H. The number of phenolic OH excluding ortho intramolecular Hbond substituents is 1. The predicted molar refractivity (Wildman–Crippen MR) is 113 cm³/mol. The molecule has 0 radical (unpaired) electrons. The lowest BCUT2D eigenvalue weighted by Gasteiger charge is -2.12. The van der Waals surface area contributed by atoms with Gasteiger partial charge in [-0.3, -0.25) is 9.78 Å². The fraction of sp³-hybridized carbons (Fsp3) is 0.278. The number of halogens is 1. The number of pyridine rings is 1. The van der Waals surface area contributed by atoms with Crippen molar-refractivity contribution in [1.82, 2.24) is 20.9 Å². The molecule has 0 aliphatic rings. The second-order valence-corrected chi connectivity index (χ2v) is 5.22. The molecule has 2 rings (SSSR count). The first-order valence-electron chi connectivity index (χ1n) is 8.19. The van der Waals surface area contributed by atoms with Crippen LogP contribution in [0.4, 0.5) is 0 Å². The first-order valence-corrected chi connectivity index (χ1v) is 8.19. The molecule has 0 saturated heterocycles. The van der Waals surface area contributed by atoms with E-state index in [4.69, 9.17) is 0 Å². The molecule has 26 heavy (non-hydrogen) atoms. The second-order valence-electron chi connectivity index (χ2n) is 5.22. The maximum Gasteiger partial charge on any atom is 0.255 e. The number of aromatic hydroxyl groups is 1. The van der Waals surface area contributed by atoms with Gasteiger partial charge in [0.25, 0.3) is 5.91 Å². The largest absolute Gasteiger partial charge is 0.507 e. The lowest BCUT2D eigenvalue weighted by molar-refractivity contribution is 0.0951. The molecule has 1 amide bonds. The van der Waals surface area contributed by atoms with E-state index in [-0.39, 0.29) is 41.2 Å². The van der Waals surface area contributed by atoms with Crippen LogP contribution in [-0.2, 0) is 6.54 Å². The first kappa shape index (κ1) is 21.7. The van der Waals surface area contributed by atoms with Gasteiger partial charge >= 0.3 is 0 Å². The third-order valence-electron chi connectivity index (χ3n) is 3.32. The van der Waals surface area contributed by atoms with Crippen molar-refractivity contribution in [3.63, 3.8) is 0 Å². The van der Waals surface area contributed by atoms with E-state index in [1.165, 1.54) is 6.07 Å². The van der Waals surface area contributed by atoms with E-state index in [0.717, 1.165) is 12.2 Å². The van der Waals surface area contributed by atoms with Crippen molar-refractivity contribution in [3.05, 3.63) is 59.9 Å². The summed E-state index contributed by atoms with van der Waals surface area (Å²) in [6.45, 7) is 4.10. The maximum absolute atomic E-state index is 12.0. The minimum atomic E-state index is -0.310. The van der Waals surface area contributed by atoms with Crippen LogP contribution in [0, 0.1) is 0 Å². The minimum Gasteiger partial charge on any atom is -0.507 e. The molecule has 0 bridgehead atoms. The Morgan fingerprint density at radius 3 is 2.50 bits per heavy atom. The Balaban J connectivity index is 0.00000338. The molecular weight excluding hydrogens is 445 g/mol. The average Bonchev–Trinajstić information content (AvgIpc) is 2.64. The molecule has 8 heteroatoms. The van der Waals surface area contributed by atoms with Gasteiger partial charge in [0.05, 0.1) is 17.8 Å². The number of rotatable bonds is 7. The van der Waals surface area contributed by atoms with Crippen LogP contribution in [0.5, 0.6) is 5.75 Å². The number of carbonyl (C=O) groups excluding carboxylic acids is 1. The summed E-state index contributed by atoms with van der Waals surface area (Å²) in [6, 6.07) is 12.2. The molecule has 1 aromatic carbocycles. The molecule has 0 atom stereocenters. The van der Waals surface area contributed by atoms with E-state index in [9.17, 15) is 9.90 Å². The van der Waals surface area contributed by atoms with Crippen LogP contribution in [0.25, 0.3) is 0 Å². The number of aromatic nitrogens is 1. The molecule has 1 aromatic heterocycles. The van der Waals surface area contributed by atoms with E-state index in [1.807, 2.05) is 25.1 Å². The van der Waals surface area contributed by atoms with Gasteiger partial charge in [0.2, 0.25) is 0 Å². The minimum absolute atomic E-state index is 0. The highest BCUT2D eigenvalue weighted by Gasteiger charge is 2.09. The third kappa shape index (κ3) is 7.26. The van der Waals surface area contributed by atoms with E-state index in [1.54, 1.807) is 24.4 Å². The molecule has 7 nitrogen and oxygen atoms in total. The lowest BCUT2D eigenvalue weighted by Crippen LogP contribution is -2.41. The normalized spacial score (nSPS) is 10.6. The van der Waals surface area contributed by atoms with E-state index >= 15 is 0 Å². The number of nitrogens with one attached hydrogen (secondary N) is 3. The number of nitrogens with zero attached hydrogens (tertiary/aromatic N) is 2. The molecule has 0 spiro atoms. The Bertz CT molecular complexity index is 710. The van der Waals surface area contributed by atoms with Crippen molar-refractivity contribution in [2.75, 3.05) is 19.6 Å². The molecule has 0 fully saturated rings. The summed E-state index contributed by atoms with van der Waals surface area (Å²) in [6.07, 6.45) is 1.74. The summed E-state index contributed by atoms with van der Waals surface area (Å²) >= 11 is 0. The second kappa shape index (κ2) is 12.1. The van der Waals surface area contributed by atoms with Crippen molar-refractivity contribution >= 4 is 35.8 Å². The van der Waals surface area contributed by atoms with E-state index in [2.05, 4.69) is 25.9 Å². The number of guanidine groups is 1. The zero-order valence-electron chi connectivity index (χ0n) is 14.6. The predicted octanol–water partition coefficient (Wildman–Crippen LogP) is 1.89. The summed E-state index contributed by atoms with van der Waals surface area (Å²) in [7, 11) is 0. The number of aliphatic imine (C=N–C) groups is 1. The van der Waals surface area contributed by atoms with Crippen molar-refractivity contribution in [1.29, 1.82) is 0 Å². The maximum atomic E-state index is 12.0. The molecule has 2 aromatic rings. The fourth-order valence-electron chi connectivity index (χ4n) is 2.11. The van der Waals surface area contributed by atoms with Gasteiger partial charge in [-0.15, -0.1) is 24.0 Å². The summed E-state index contributed by atoms with van der Waals surface area (Å²) in [5.74, 6) is 0.318. The van der Waals surface area contributed by atoms with Gasteiger partial charge in [0.1, 0.15) is 5.75 Å². The van der Waals surface area contributed by atoms with Crippen molar-refractivity contribution in [3.8, 4) is 5.75 Å². The molecule has 4 N–H and O–H groups in total. The van der Waals surface area contributed by atoms with Crippen LogP contribution >= 0.6 is 24.0 Å². The Kier molecular flexibility index (Phi) is 10.1. The van der Waals surface area contributed by atoms with Crippen molar-refractivity contribution in [2.24, 2.45) is 4.99 Å². The van der Waals surface area contributed by atoms with Crippen molar-refractivity contribution in [2.45, 2.75) is 13.5 Å². The number of para-hydroxylation sites is 1. The highest BCUT2D eigenvalue weighted by molar-refractivity contribution is 14.0. The number of benzene rings is 1. The molecule has 0 aliphatic heterocycles. The van der Waals surface area contributed by atoms with Gasteiger partial charge < -0.3 is 21.1 Å². The van der Waals surface area contributed by atoms with Crippen LogP contribution in [-0.4, -0.2) is 41.6 Å². The Hall–Kier alpha value is -2.36. The van der Waals surface area contributed by atoms with Gasteiger partial charge in [-0.1, -0.05) is 18.2 Å². The summed E-state index contributed by atoms with van der Waals surface area (Å²) in [5, 5.41) is 18.7. The molecule has 0 unspecified atom stereocenters. The average molecular weight is 469 g/mol. The van der Waals surface area contributed by atoms with Crippen LogP contribution in [0.3, 0.4) is 0 Å². The van der Waals surface area contributed by atoms with Crippen LogP contribution in [0.2, 0.25) is 0 Å². The van der Waals surface area contributed by atoms with Crippen LogP contribution in [0.1, 0.15) is 23.0 Å². The number of hydrogen-bond donors (Lipinski definition) is 4. The molecule has 140 valence electrons. The first-order chi connectivity index (χ1) is 12.2. The fourth-order valence-corrected chi connectivity index (χ4v) is 2.11. The van der Waals surface area contributed by atoms with Crippen LogP contribution < -0.4 is 16.0 Å². The number of hydrogen-bond acceptors (Lipinski definition) is 4.